The summed E-state index contributed by atoms with van der Waals surface area (Å²) >= 11 is 6.13. The number of nitrogens with two attached hydrogens (primary N) is 1. The number of nitrogens with one attached hydrogen (secondary N) is 1. The molecule has 0 aliphatic rings. The van der Waals surface area contributed by atoms with Crippen LogP contribution in [0.5, 0.6) is 0 Å². The number of anilines is 1. The Bertz CT molecular complexity index is 594. The van der Waals surface area contributed by atoms with E-state index in [9.17, 15) is 4.79 Å². The molecule has 0 radical (unpaired) electrons. The second-order valence-electron chi connectivity index (χ2n) is 4.70. The van der Waals surface area contributed by atoms with Crippen LogP contribution in [0.3, 0.4) is 0 Å². The van der Waals surface area contributed by atoms with Gasteiger partial charge in [-0.3, -0.25) is 10.1 Å². The van der Waals surface area contributed by atoms with Gasteiger partial charge in [0.25, 0.3) is 0 Å². The Balaban J connectivity index is 2.09. The number of halogens is 1. The fourth-order valence-electron chi connectivity index (χ4n) is 1.84. The summed E-state index contributed by atoms with van der Waals surface area (Å²) in [4.78, 5) is 15.9. The summed E-state index contributed by atoms with van der Waals surface area (Å²) in [7, 11) is 0. The number of imidazole rings is 1. The van der Waals surface area contributed by atoms with Crippen molar-refractivity contribution in [3.05, 3.63) is 47.2 Å². The number of aromatic nitrogens is 2. The highest BCUT2D eigenvalue weighted by atomic mass is 35.5. The number of rotatable bonds is 5. The van der Waals surface area contributed by atoms with Gasteiger partial charge in [-0.25, -0.2) is 4.98 Å². The number of hydrogen-bond donors (Lipinski definition) is 2. The first-order valence-corrected chi connectivity index (χ1v) is 6.74. The molecule has 5 nitrogen and oxygen atoms in total. The molecular weight excluding hydrogens is 276 g/mol. The Morgan fingerprint density at radius 1 is 1.50 bits per heavy atom. The van der Waals surface area contributed by atoms with Crippen LogP contribution in [0.2, 0.25) is 5.02 Å². The molecule has 106 valence electrons. The minimum absolute atomic E-state index is 0.147. The van der Waals surface area contributed by atoms with Crippen LogP contribution in [0.25, 0.3) is 0 Å². The van der Waals surface area contributed by atoms with Crippen LogP contribution in [-0.4, -0.2) is 21.5 Å². The van der Waals surface area contributed by atoms with Gasteiger partial charge in [-0.15, -0.1) is 0 Å². The van der Waals surface area contributed by atoms with E-state index in [4.69, 9.17) is 17.3 Å². The Morgan fingerprint density at radius 3 is 2.95 bits per heavy atom. The van der Waals surface area contributed by atoms with E-state index in [1.54, 1.807) is 19.3 Å². The first-order valence-electron chi connectivity index (χ1n) is 6.36. The van der Waals surface area contributed by atoms with Crippen molar-refractivity contribution in [3.8, 4) is 0 Å². The Kier molecular flexibility index (Phi) is 4.76. The van der Waals surface area contributed by atoms with E-state index in [2.05, 4.69) is 10.3 Å². The molecule has 0 bridgehead atoms. The zero-order valence-electron chi connectivity index (χ0n) is 11.2. The number of carbonyl (C=O) groups excluding carboxylic acids is 1. The zero-order chi connectivity index (χ0) is 14.5. The molecule has 2 aromatic rings. The van der Waals surface area contributed by atoms with E-state index in [0.717, 1.165) is 5.56 Å². The molecule has 1 atom stereocenters. The standard InChI is InChI=1S/C14H17ClN4O/c1-10(16)8-13(20)18-14-17-6-7-19(14)9-11-4-2-3-5-12(11)15/h2-7,10H,8-9,16H2,1H3,(H,17,18,20). The lowest BCUT2D eigenvalue weighted by Gasteiger charge is -2.11. The number of carbonyl (C=O) groups is 1. The van der Waals surface area contributed by atoms with Crippen LogP contribution in [-0.2, 0) is 11.3 Å². The van der Waals surface area contributed by atoms with Gasteiger partial charge >= 0.3 is 0 Å². The maximum absolute atomic E-state index is 11.7. The molecule has 0 aliphatic carbocycles. The van der Waals surface area contributed by atoms with E-state index >= 15 is 0 Å². The van der Waals surface area contributed by atoms with Crippen LogP contribution in [0.15, 0.2) is 36.7 Å². The fraction of sp³-hybridized carbons (Fsp3) is 0.286. The van der Waals surface area contributed by atoms with Crippen LogP contribution >= 0.6 is 11.6 Å². The maximum atomic E-state index is 11.7. The molecule has 0 fully saturated rings. The highest BCUT2D eigenvalue weighted by Crippen LogP contribution is 2.18. The SMILES string of the molecule is CC(N)CC(=O)Nc1nccn1Cc1ccccc1Cl. The lowest BCUT2D eigenvalue weighted by molar-refractivity contribution is -0.116. The highest BCUT2D eigenvalue weighted by Gasteiger charge is 2.10. The van der Waals surface area contributed by atoms with Crippen molar-refractivity contribution in [2.45, 2.75) is 25.9 Å². The normalized spacial score (nSPS) is 12.2. The molecule has 2 rings (SSSR count). The van der Waals surface area contributed by atoms with E-state index in [0.29, 0.717) is 17.5 Å². The van der Waals surface area contributed by atoms with Crippen LogP contribution in [0.4, 0.5) is 5.95 Å². The molecule has 1 unspecified atom stereocenters. The van der Waals surface area contributed by atoms with Gasteiger partial charge in [0.15, 0.2) is 0 Å². The van der Waals surface area contributed by atoms with Crippen LogP contribution in [0.1, 0.15) is 18.9 Å². The van der Waals surface area contributed by atoms with Crippen molar-refractivity contribution >= 4 is 23.5 Å². The lowest BCUT2D eigenvalue weighted by Crippen LogP contribution is -2.25. The summed E-state index contributed by atoms with van der Waals surface area (Å²) in [6.45, 7) is 2.34. The van der Waals surface area contributed by atoms with Gasteiger partial charge in [0.1, 0.15) is 0 Å². The first-order chi connectivity index (χ1) is 9.56. The Hall–Kier alpha value is -1.85. The van der Waals surface area contributed by atoms with Gasteiger partial charge in [0.05, 0.1) is 6.54 Å². The molecular formula is C14H17ClN4O. The average Bonchev–Trinajstić information content (AvgIpc) is 2.78. The molecule has 3 N–H and O–H groups in total. The largest absolute Gasteiger partial charge is 0.327 e. The lowest BCUT2D eigenvalue weighted by atomic mass is 10.2. The van der Waals surface area contributed by atoms with Gasteiger partial charge in [0, 0.05) is 29.9 Å². The summed E-state index contributed by atoms with van der Waals surface area (Å²) in [5.74, 6) is 0.349. The molecule has 1 heterocycles. The minimum atomic E-state index is -0.179. The summed E-state index contributed by atoms with van der Waals surface area (Å²) in [5, 5.41) is 3.44. The number of amides is 1. The summed E-state index contributed by atoms with van der Waals surface area (Å²) in [6.07, 6.45) is 3.70. The molecule has 0 spiro atoms. The van der Waals surface area contributed by atoms with Gasteiger partial charge in [-0.05, 0) is 18.6 Å². The quantitative estimate of drug-likeness (QED) is 0.888. The van der Waals surface area contributed by atoms with E-state index in [1.165, 1.54) is 0 Å². The number of hydrogen-bond acceptors (Lipinski definition) is 3. The average molecular weight is 293 g/mol. The topological polar surface area (TPSA) is 72.9 Å². The van der Waals surface area contributed by atoms with E-state index in [-0.39, 0.29) is 18.4 Å². The van der Waals surface area contributed by atoms with Crippen molar-refractivity contribution in [3.63, 3.8) is 0 Å². The predicted molar refractivity (Wildman–Crippen MR) is 79.7 cm³/mol. The molecule has 20 heavy (non-hydrogen) atoms. The van der Waals surface area contributed by atoms with Crippen molar-refractivity contribution in [2.75, 3.05) is 5.32 Å². The Morgan fingerprint density at radius 2 is 2.25 bits per heavy atom. The van der Waals surface area contributed by atoms with Crippen LogP contribution in [0, 0.1) is 0 Å². The molecule has 0 aliphatic heterocycles. The zero-order valence-corrected chi connectivity index (χ0v) is 12.0. The van der Waals surface area contributed by atoms with Crippen molar-refractivity contribution in [1.29, 1.82) is 0 Å². The monoisotopic (exact) mass is 292 g/mol. The van der Waals surface area contributed by atoms with Gasteiger partial charge < -0.3 is 10.3 Å². The van der Waals surface area contributed by atoms with Gasteiger partial charge in [-0.1, -0.05) is 29.8 Å². The van der Waals surface area contributed by atoms with Gasteiger partial charge in [0.2, 0.25) is 11.9 Å². The molecule has 0 saturated carbocycles. The molecule has 1 aromatic heterocycles. The van der Waals surface area contributed by atoms with E-state index in [1.807, 2.05) is 28.8 Å². The summed E-state index contributed by atoms with van der Waals surface area (Å²) < 4.78 is 1.83. The second kappa shape index (κ2) is 6.54. The van der Waals surface area contributed by atoms with Crippen molar-refractivity contribution in [2.24, 2.45) is 5.73 Å². The maximum Gasteiger partial charge on any atom is 0.228 e. The predicted octanol–water partition coefficient (Wildman–Crippen LogP) is 2.26. The molecule has 1 aromatic carbocycles. The van der Waals surface area contributed by atoms with E-state index < -0.39 is 0 Å². The highest BCUT2D eigenvalue weighted by molar-refractivity contribution is 6.31. The number of benzene rings is 1. The van der Waals surface area contributed by atoms with Crippen molar-refractivity contribution < 1.29 is 4.79 Å². The second-order valence-corrected chi connectivity index (χ2v) is 5.11. The molecule has 1 amide bonds. The first kappa shape index (κ1) is 14.6. The summed E-state index contributed by atoms with van der Waals surface area (Å²) in [6, 6.07) is 7.40. The van der Waals surface area contributed by atoms with Crippen molar-refractivity contribution in [1.82, 2.24) is 9.55 Å². The third-order valence-electron chi connectivity index (χ3n) is 2.77. The van der Waals surface area contributed by atoms with Gasteiger partial charge in [-0.2, -0.15) is 0 Å². The third kappa shape index (κ3) is 3.82. The molecule has 6 heteroatoms. The molecule has 0 saturated heterocycles. The van der Waals surface area contributed by atoms with Crippen LogP contribution < -0.4 is 11.1 Å². The number of nitrogens with zero attached hydrogens (tertiary/aromatic N) is 2. The fourth-order valence-corrected chi connectivity index (χ4v) is 2.03. The Labute approximate surface area is 122 Å². The third-order valence-corrected chi connectivity index (χ3v) is 3.14. The smallest absolute Gasteiger partial charge is 0.228 e. The minimum Gasteiger partial charge on any atom is -0.327 e. The summed E-state index contributed by atoms with van der Waals surface area (Å²) in [5.41, 5.74) is 6.57.